The van der Waals surface area contributed by atoms with Crippen LogP contribution in [0.15, 0.2) is 42.7 Å². The van der Waals surface area contributed by atoms with E-state index in [1.807, 2.05) is 0 Å². The van der Waals surface area contributed by atoms with Crippen LogP contribution in [0.5, 0.6) is 0 Å². The van der Waals surface area contributed by atoms with Crippen LogP contribution in [-0.4, -0.2) is 9.38 Å². The summed E-state index contributed by atoms with van der Waals surface area (Å²) in [5.41, 5.74) is 0.895. The SMILES string of the molecule is Fc1cc2c3c(F)cccc3c3nccn3c2cc1F. The largest absolute Gasteiger partial charge is 0.299 e. The summed E-state index contributed by atoms with van der Waals surface area (Å²) in [5, 5.41) is 1.14. The Hall–Kier alpha value is -2.56. The van der Waals surface area contributed by atoms with E-state index in [0.29, 0.717) is 21.9 Å². The molecule has 0 radical (unpaired) electrons. The summed E-state index contributed by atoms with van der Waals surface area (Å²) in [5.74, 6) is -2.45. The van der Waals surface area contributed by atoms with Gasteiger partial charge in [0.05, 0.1) is 5.52 Å². The molecule has 0 amide bonds. The van der Waals surface area contributed by atoms with Gasteiger partial charge >= 0.3 is 0 Å². The molecule has 2 aromatic carbocycles. The fourth-order valence-electron chi connectivity index (χ4n) is 2.62. The van der Waals surface area contributed by atoms with Gasteiger partial charge in [-0.1, -0.05) is 12.1 Å². The average molecular weight is 272 g/mol. The lowest BCUT2D eigenvalue weighted by Gasteiger charge is -2.09. The Morgan fingerprint density at radius 3 is 2.55 bits per heavy atom. The number of halogens is 3. The molecule has 98 valence electrons. The second-order valence-corrected chi connectivity index (χ2v) is 4.57. The fourth-order valence-corrected chi connectivity index (χ4v) is 2.62. The molecule has 0 fully saturated rings. The molecule has 0 N–H and O–H groups in total. The number of nitrogens with zero attached hydrogens (tertiary/aromatic N) is 2. The van der Waals surface area contributed by atoms with Crippen molar-refractivity contribution in [2.24, 2.45) is 0 Å². The predicted octanol–water partition coefficient (Wildman–Crippen LogP) is 4.06. The lowest BCUT2D eigenvalue weighted by atomic mass is 10.1. The minimum Gasteiger partial charge on any atom is -0.299 e. The van der Waals surface area contributed by atoms with E-state index in [4.69, 9.17) is 0 Å². The van der Waals surface area contributed by atoms with Crippen LogP contribution in [-0.2, 0) is 0 Å². The second-order valence-electron chi connectivity index (χ2n) is 4.57. The van der Waals surface area contributed by atoms with Gasteiger partial charge in [-0.2, -0.15) is 0 Å². The molecule has 0 bridgehead atoms. The summed E-state index contributed by atoms with van der Waals surface area (Å²) >= 11 is 0. The summed E-state index contributed by atoms with van der Waals surface area (Å²) in [6, 6.07) is 6.66. The van der Waals surface area contributed by atoms with Crippen molar-refractivity contribution in [1.29, 1.82) is 0 Å². The second kappa shape index (κ2) is 3.72. The fraction of sp³-hybridized carbons (Fsp3) is 0. The normalized spacial score (nSPS) is 11.8. The van der Waals surface area contributed by atoms with Gasteiger partial charge in [-0.3, -0.25) is 4.40 Å². The van der Waals surface area contributed by atoms with E-state index < -0.39 is 17.5 Å². The Morgan fingerprint density at radius 1 is 0.900 bits per heavy atom. The quantitative estimate of drug-likeness (QED) is 0.441. The molecule has 0 aliphatic rings. The first kappa shape index (κ1) is 11.3. The summed E-state index contributed by atoms with van der Waals surface area (Å²) in [4.78, 5) is 4.17. The van der Waals surface area contributed by atoms with Crippen LogP contribution < -0.4 is 0 Å². The van der Waals surface area contributed by atoms with Gasteiger partial charge in [0.15, 0.2) is 11.6 Å². The zero-order chi connectivity index (χ0) is 13.9. The number of rotatable bonds is 0. The number of pyridine rings is 1. The topological polar surface area (TPSA) is 17.3 Å². The lowest BCUT2D eigenvalue weighted by molar-refractivity contribution is 0.510. The first-order valence-corrected chi connectivity index (χ1v) is 5.99. The van der Waals surface area contributed by atoms with Crippen LogP contribution in [0.3, 0.4) is 0 Å². The highest BCUT2D eigenvalue weighted by atomic mass is 19.2. The lowest BCUT2D eigenvalue weighted by Crippen LogP contribution is -1.95. The minimum atomic E-state index is -0.999. The van der Waals surface area contributed by atoms with Crippen LogP contribution in [0.25, 0.3) is 27.3 Å². The van der Waals surface area contributed by atoms with E-state index in [0.717, 1.165) is 12.1 Å². The Kier molecular flexibility index (Phi) is 2.10. The Bertz CT molecular complexity index is 989. The molecular formula is C15H7F3N2. The van der Waals surface area contributed by atoms with Crippen LogP contribution in [0.4, 0.5) is 13.2 Å². The van der Waals surface area contributed by atoms with E-state index in [1.165, 1.54) is 6.07 Å². The third kappa shape index (κ3) is 1.32. The van der Waals surface area contributed by atoms with Gasteiger partial charge in [0.25, 0.3) is 0 Å². The molecule has 5 heteroatoms. The molecule has 4 aromatic rings. The van der Waals surface area contributed by atoms with Crippen molar-refractivity contribution in [2.45, 2.75) is 0 Å². The molecule has 2 heterocycles. The Morgan fingerprint density at radius 2 is 1.70 bits per heavy atom. The van der Waals surface area contributed by atoms with Crippen molar-refractivity contribution < 1.29 is 13.2 Å². The molecule has 0 saturated carbocycles. The van der Waals surface area contributed by atoms with E-state index in [2.05, 4.69) is 4.98 Å². The van der Waals surface area contributed by atoms with Crippen molar-refractivity contribution >= 4 is 27.3 Å². The van der Waals surface area contributed by atoms with E-state index >= 15 is 0 Å². The molecule has 0 atom stereocenters. The van der Waals surface area contributed by atoms with Gasteiger partial charge in [0.1, 0.15) is 11.5 Å². The molecule has 0 aliphatic heterocycles. The molecule has 4 rings (SSSR count). The maximum atomic E-state index is 14.1. The van der Waals surface area contributed by atoms with Gasteiger partial charge in [0, 0.05) is 34.6 Å². The number of aromatic nitrogens is 2. The zero-order valence-electron chi connectivity index (χ0n) is 10.1. The van der Waals surface area contributed by atoms with Crippen LogP contribution in [0, 0.1) is 17.5 Å². The third-order valence-electron chi connectivity index (χ3n) is 3.46. The third-order valence-corrected chi connectivity index (χ3v) is 3.46. The summed E-state index contributed by atoms with van der Waals surface area (Å²) < 4.78 is 42.7. The summed E-state index contributed by atoms with van der Waals surface area (Å²) in [6.07, 6.45) is 3.18. The van der Waals surface area contributed by atoms with Gasteiger partial charge < -0.3 is 0 Å². The van der Waals surface area contributed by atoms with Crippen molar-refractivity contribution in [3.63, 3.8) is 0 Å². The first-order valence-electron chi connectivity index (χ1n) is 5.99. The molecule has 0 saturated heterocycles. The van der Waals surface area contributed by atoms with Crippen molar-refractivity contribution in [1.82, 2.24) is 9.38 Å². The Labute approximate surface area is 111 Å². The molecule has 2 aromatic heterocycles. The number of fused-ring (bicyclic) bond motifs is 6. The number of hydrogen-bond acceptors (Lipinski definition) is 1. The van der Waals surface area contributed by atoms with Crippen LogP contribution >= 0.6 is 0 Å². The zero-order valence-corrected chi connectivity index (χ0v) is 10.1. The number of imidazole rings is 1. The molecular weight excluding hydrogens is 265 g/mol. The van der Waals surface area contributed by atoms with Crippen molar-refractivity contribution in [3.8, 4) is 0 Å². The van der Waals surface area contributed by atoms with E-state index in [1.54, 1.807) is 28.9 Å². The van der Waals surface area contributed by atoms with Crippen LogP contribution in [0.2, 0.25) is 0 Å². The van der Waals surface area contributed by atoms with Gasteiger partial charge in [0.2, 0.25) is 0 Å². The first-order chi connectivity index (χ1) is 9.66. The molecule has 2 nitrogen and oxygen atoms in total. The summed E-state index contributed by atoms with van der Waals surface area (Å²) in [6.45, 7) is 0. The number of hydrogen-bond donors (Lipinski definition) is 0. The summed E-state index contributed by atoms with van der Waals surface area (Å²) in [7, 11) is 0. The van der Waals surface area contributed by atoms with Gasteiger partial charge in [-0.15, -0.1) is 0 Å². The van der Waals surface area contributed by atoms with Crippen molar-refractivity contribution in [2.75, 3.05) is 0 Å². The van der Waals surface area contributed by atoms with Gasteiger partial charge in [-0.25, -0.2) is 18.2 Å². The van der Waals surface area contributed by atoms with Crippen LogP contribution in [0.1, 0.15) is 0 Å². The average Bonchev–Trinajstić information content (AvgIpc) is 2.90. The van der Waals surface area contributed by atoms with E-state index in [9.17, 15) is 13.2 Å². The maximum absolute atomic E-state index is 14.1. The minimum absolute atomic E-state index is 0.250. The maximum Gasteiger partial charge on any atom is 0.160 e. The van der Waals surface area contributed by atoms with Crippen molar-refractivity contribution in [3.05, 3.63) is 60.2 Å². The molecule has 0 aliphatic carbocycles. The monoisotopic (exact) mass is 272 g/mol. The highest BCUT2D eigenvalue weighted by molar-refractivity contribution is 6.11. The van der Waals surface area contributed by atoms with Gasteiger partial charge in [-0.05, 0) is 12.1 Å². The molecule has 0 spiro atoms. The molecule has 0 unspecified atom stereocenters. The highest BCUT2D eigenvalue weighted by Crippen LogP contribution is 2.31. The number of benzene rings is 2. The predicted molar refractivity (Wildman–Crippen MR) is 70.1 cm³/mol. The molecule has 20 heavy (non-hydrogen) atoms. The van der Waals surface area contributed by atoms with E-state index in [-0.39, 0.29) is 5.39 Å². The Balaban J connectivity index is 2.44. The standard InChI is InChI=1S/C15H7F3N2/c16-10-3-1-2-8-14(10)9-6-11(17)12(18)7-13(9)20-5-4-19-15(8)20/h1-7H. The smallest absolute Gasteiger partial charge is 0.160 e. The highest BCUT2D eigenvalue weighted by Gasteiger charge is 2.15.